The van der Waals surface area contributed by atoms with E-state index in [-0.39, 0.29) is 11.9 Å². The first kappa shape index (κ1) is 17.1. The van der Waals surface area contributed by atoms with Crippen molar-refractivity contribution in [3.05, 3.63) is 70.9 Å². The van der Waals surface area contributed by atoms with E-state index in [1.165, 1.54) is 5.56 Å². The minimum absolute atomic E-state index is 0.000145. The molecule has 1 amide bonds. The van der Waals surface area contributed by atoms with Crippen molar-refractivity contribution in [2.24, 2.45) is 0 Å². The number of fused-ring (bicyclic) bond motifs is 1. The molecule has 0 radical (unpaired) electrons. The fourth-order valence-electron chi connectivity index (χ4n) is 3.62. The first-order valence-electron chi connectivity index (χ1n) is 9.02. The highest BCUT2D eigenvalue weighted by atomic mass is 35.5. The maximum absolute atomic E-state index is 12.6. The number of aromatic nitrogens is 1. The predicted octanol–water partition coefficient (Wildman–Crippen LogP) is 4.22. The molecule has 1 aromatic heterocycles. The number of benzene rings is 2. The molecule has 4 rings (SSSR count). The van der Waals surface area contributed by atoms with Gasteiger partial charge in [0, 0.05) is 41.4 Å². The summed E-state index contributed by atoms with van der Waals surface area (Å²) >= 11 is 5.96. The summed E-state index contributed by atoms with van der Waals surface area (Å²) in [5.74, 6) is -0.000145. The van der Waals surface area contributed by atoms with Crippen molar-refractivity contribution >= 4 is 28.4 Å². The minimum Gasteiger partial charge on any atom is -0.361 e. The van der Waals surface area contributed by atoms with E-state index in [1.54, 1.807) is 0 Å². The number of carbonyl (C=O) groups is 1. The second kappa shape index (κ2) is 7.52. The van der Waals surface area contributed by atoms with Crippen LogP contribution in [-0.4, -0.2) is 34.9 Å². The molecule has 26 heavy (non-hydrogen) atoms. The average Bonchev–Trinajstić information content (AvgIpc) is 3.12. The number of hydrogen-bond acceptors (Lipinski definition) is 2. The molecule has 1 aliphatic heterocycles. The molecule has 1 saturated heterocycles. The maximum Gasteiger partial charge on any atom is 0.251 e. The van der Waals surface area contributed by atoms with Gasteiger partial charge in [-0.05, 0) is 60.7 Å². The lowest BCUT2D eigenvalue weighted by atomic mass is 10.0. The Balaban J connectivity index is 1.38. The van der Waals surface area contributed by atoms with Crippen molar-refractivity contribution in [3.63, 3.8) is 0 Å². The monoisotopic (exact) mass is 367 g/mol. The number of H-pyrrole nitrogens is 1. The molecule has 1 atom stereocenters. The van der Waals surface area contributed by atoms with Crippen molar-refractivity contribution in [2.75, 3.05) is 13.1 Å². The van der Waals surface area contributed by atoms with Crippen molar-refractivity contribution in [2.45, 2.75) is 25.4 Å². The smallest absolute Gasteiger partial charge is 0.251 e. The summed E-state index contributed by atoms with van der Waals surface area (Å²) in [5, 5.41) is 5.08. The summed E-state index contributed by atoms with van der Waals surface area (Å²) in [6, 6.07) is 16.0. The summed E-state index contributed by atoms with van der Waals surface area (Å²) in [7, 11) is 0. The van der Waals surface area contributed by atoms with Gasteiger partial charge < -0.3 is 10.3 Å². The zero-order valence-corrected chi connectivity index (χ0v) is 15.3. The van der Waals surface area contributed by atoms with Crippen molar-refractivity contribution < 1.29 is 4.79 Å². The Morgan fingerprint density at radius 2 is 2.04 bits per heavy atom. The van der Waals surface area contributed by atoms with Crippen LogP contribution in [0, 0.1) is 0 Å². The molecule has 2 N–H and O–H groups in total. The first-order valence-corrected chi connectivity index (χ1v) is 9.40. The van der Waals surface area contributed by atoms with E-state index in [2.05, 4.69) is 27.3 Å². The minimum atomic E-state index is -0.000145. The molecule has 1 fully saturated rings. The van der Waals surface area contributed by atoms with Crippen LogP contribution in [0.3, 0.4) is 0 Å². The van der Waals surface area contributed by atoms with Gasteiger partial charge in [-0.25, -0.2) is 0 Å². The summed E-state index contributed by atoms with van der Waals surface area (Å²) < 4.78 is 0. The van der Waals surface area contributed by atoms with Gasteiger partial charge in [0.2, 0.25) is 0 Å². The number of aromatic amines is 1. The fraction of sp³-hybridized carbons (Fsp3) is 0.286. The third-order valence-electron chi connectivity index (χ3n) is 4.98. The number of hydrogen-bond donors (Lipinski definition) is 2. The summed E-state index contributed by atoms with van der Waals surface area (Å²) in [6.45, 7) is 2.82. The van der Waals surface area contributed by atoms with Crippen LogP contribution in [0.2, 0.25) is 5.02 Å². The topological polar surface area (TPSA) is 48.1 Å². The van der Waals surface area contributed by atoms with Crippen LogP contribution in [-0.2, 0) is 6.54 Å². The highest BCUT2D eigenvalue weighted by Gasteiger charge is 2.22. The molecular formula is C21H22ClN3O. The number of rotatable bonds is 4. The molecule has 134 valence electrons. The molecule has 0 aliphatic carbocycles. The fourth-order valence-corrected chi connectivity index (χ4v) is 3.75. The van der Waals surface area contributed by atoms with Crippen LogP contribution in [0.4, 0.5) is 0 Å². The number of nitrogens with zero attached hydrogens (tertiary/aromatic N) is 1. The predicted molar refractivity (Wildman–Crippen MR) is 106 cm³/mol. The normalized spacial score (nSPS) is 18.1. The quantitative estimate of drug-likeness (QED) is 0.725. The summed E-state index contributed by atoms with van der Waals surface area (Å²) in [5.41, 5.74) is 2.94. The Morgan fingerprint density at radius 3 is 2.88 bits per heavy atom. The van der Waals surface area contributed by atoms with Crippen LogP contribution in [0.15, 0.2) is 54.7 Å². The molecule has 2 heterocycles. The van der Waals surface area contributed by atoms with Crippen molar-refractivity contribution in [3.8, 4) is 0 Å². The highest BCUT2D eigenvalue weighted by molar-refractivity contribution is 6.30. The number of amides is 1. The molecule has 5 heteroatoms. The lowest BCUT2D eigenvalue weighted by Gasteiger charge is -2.33. The van der Waals surface area contributed by atoms with Crippen LogP contribution in [0.25, 0.3) is 10.9 Å². The van der Waals surface area contributed by atoms with E-state index in [9.17, 15) is 4.79 Å². The van der Waals surface area contributed by atoms with Gasteiger partial charge in [-0.2, -0.15) is 0 Å². The Bertz CT molecular complexity index is 903. The Labute approximate surface area is 158 Å². The van der Waals surface area contributed by atoms with E-state index >= 15 is 0 Å². The van der Waals surface area contributed by atoms with Gasteiger partial charge in [0.25, 0.3) is 5.91 Å². The Hall–Kier alpha value is -2.30. The number of halogens is 1. The number of likely N-dealkylation sites (tertiary alicyclic amines) is 1. The van der Waals surface area contributed by atoms with E-state index in [4.69, 9.17) is 11.6 Å². The average molecular weight is 368 g/mol. The van der Waals surface area contributed by atoms with Crippen molar-refractivity contribution in [1.29, 1.82) is 0 Å². The molecule has 0 spiro atoms. The largest absolute Gasteiger partial charge is 0.361 e. The molecule has 0 bridgehead atoms. The molecule has 1 aliphatic rings. The zero-order chi connectivity index (χ0) is 17.9. The van der Waals surface area contributed by atoms with Gasteiger partial charge in [0.15, 0.2) is 0 Å². The first-order chi connectivity index (χ1) is 12.7. The van der Waals surface area contributed by atoms with Crippen LogP contribution in [0.5, 0.6) is 0 Å². The van der Waals surface area contributed by atoms with Crippen molar-refractivity contribution in [1.82, 2.24) is 15.2 Å². The number of carbonyl (C=O) groups excluding carboxylic acids is 1. The second-order valence-corrected chi connectivity index (χ2v) is 7.39. The van der Waals surface area contributed by atoms with E-state index in [0.717, 1.165) is 48.4 Å². The molecule has 2 aromatic carbocycles. The lowest BCUT2D eigenvalue weighted by molar-refractivity contribution is 0.0901. The zero-order valence-electron chi connectivity index (χ0n) is 14.5. The molecule has 0 unspecified atom stereocenters. The van der Waals surface area contributed by atoms with Gasteiger partial charge in [-0.15, -0.1) is 0 Å². The second-order valence-electron chi connectivity index (χ2n) is 6.95. The number of nitrogens with one attached hydrogen (secondary N) is 2. The summed E-state index contributed by atoms with van der Waals surface area (Å²) in [6.07, 6.45) is 4.00. The highest BCUT2D eigenvalue weighted by Crippen LogP contribution is 2.17. The standard InChI is InChI=1S/C21H22ClN3O/c22-18-7-3-15(4-8-18)13-25-11-1-2-19(14-25)24-21(26)17-6-5-16-9-10-23-20(16)12-17/h3-10,12,19,23H,1-2,11,13-14H2,(H,24,26)/t19-/m1/s1. The Morgan fingerprint density at radius 1 is 1.19 bits per heavy atom. The van der Waals surface area contributed by atoms with E-state index < -0.39 is 0 Å². The molecule has 0 saturated carbocycles. The molecule has 3 aromatic rings. The third kappa shape index (κ3) is 3.92. The van der Waals surface area contributed by atoms with Gasteiger partial charge in [0.05, 0.1) is 0 Å². The SMILES string of the molecule is O=C(N[C@@H]1CCCN(Cc2ccc(Cl)cc2)C1)c1ccc2cc[nH]c2c1. The lowest BCUT2D eigenvalue weighted by Crippen LogP contribution is -2.47. The molecule has 4 nitrogen and oxygen atoms in total. The van der Waals surface area contributed by atoms with Crippen LogP contribution in [0.1, 0.15) is 28.8 Å². The summed E-state index contributed by atoms with van der Waals surface area (Å²) in [4.78, 5) is 18.2. The van der Waals surface area contributed by atoms with Crippen LogP contribution < -0.4 is 5.32 Å². The van der Waals surface area contributed by atoms with Gasteiger partial charge in [-0.3, -0.25) is 9.69 Å². The van der Waals surface area contributed by atoms with E-state index in [1.807, 2.05) is 42.6 Å². The van der Waals surface area contributed by atoms with E-state index in [0.29, 0.717) is 5.56 Å². The number of piperidine rings is 1. The third-order valence-corrected chi connectivity index (χ3v) is 5.23. The maximum atomic E-state index is 12.6. The van der Waals surface area contributed by atoms with Crippen LogP contribution >= 0.6 is 11.6 Å². The Kier molecular flexibility index (Phi) is 4.96. The van der Waals surface area contributed by atoms with Gasteiger partial charge in [-0.1, -0.05) is 29.8 Å². The van der Waals surface area contributed by atoms with Gasteiger partial charge >= 0.3 is 0 Å². The molecular weight excluding hydrogens is 346 g/mol. The van der Waals surface area contributed by atoms with Gasteiger partial charge in [0.1, 0.15) is 0 Å².